The van der Waals surface area contributed by atoms with E-state index < -0.39 is 0 Å². The average Bonchev–Trinajstić information content (AvgIpc) is 2.98. The Morgan fingerprint density at radius 2 is 1.79 bits per heavy atom. The summed E-state index contributed by atoms with van der Waals surface area (Å²) in [7, 11) is 0. The molecule has 1 aliphatic rings. The molecule has 1 fully saturated rings. The molecule has 1 aromatic carbocycles. The van der Waals surface area contributed by atoms with E-state index >= 15 is 0 Å². The van der Waals surface area contributed by atoms with Crippen molar-refractivity contribution in [3.63, 3.8) is 0 Å². The van der Waals surface area contributed by atoms with Crippen molar-refractivity contribution in [1.82, 2.24) is 9.80 Å². The predicted molar refractivity (Wildman–Crippen MR) is 73.3 cm³/mol. The molecular formula is C15H20N2O2. The number of amides is 2. The van der Waals surface area contributed by atoms with Crippen LogP contribution < -0.4 is 0 Å². The molecule has 0 aromatic heterocycles. The molecule has 1 aliphatic heterocycles. The number of hydrogen-bond acceptors (Lipinski definition) is 2. The highest BCUT2D eigenvalue weighted by Crippen LogP contribution is 2.10. The summed E-state index contributed by atoms with van der Waals surface area (Å²) in [6, 6.07) is 9.76. The van der Waals surface area contributed by atoms with Crippen molar-refractivity contribution in [3.8, 4) is 0 Å². The Hall–Kier alpha value is -1.84. The molecular weight excluding hydrogens is 240 g/mol. The number of likely N-dealkylation sites (tertiary alicyclic amines) is 1. The van der Waals surface area contributed by atoms with E-state index in [1.807, 2.05) is 37.3 Å². The van der Waals surface area contributed by atoms with Crippen LogP contribution in [0.3, 0.4) is 0 Å². The smallest absolute Gasteiger partial charge is 0.312 e. The van der Waals surface area contributed by atoms with Gasteiger partial charge in [0.05, 0.1) is 0 Å². The Labute approximate surface area is 114 Å². The van der Waals surface area contributed by atoms with Crippen molar-refractivity contribution < 1.29 is 9.59 Å². The predicted octanol–water partition coefficient (Wildman–Crippen LogP) is 1.66. The normalized spacial score (nSPS) is 14.5. The Morgan fingerprint density at radius 1 is 1.16 bits per heavy atom. The number of hydrogen-bond donors (Lipinski definition) is 0. The number of benzene rings is 1. The van der Waals surface area contributed by atoms with Crippen LogP contribution in [-0.2, 0) is 16.1 Å². The highest BCUT2D eigenvalue weighted by molar-refractivity contribution is 6.34. The first-order chi connectivity index (χ1) is 9.22. The van der Waals surface area contributed by atoms with Gasteiger partial charge >= 0.3 is 11.8 Å². The van der Waals surface area contributed by atoms with Gasteiger partial charge in [-0.1, -0.05) is 30.3 Å². The van der Waals surface area contributed by atoms with Gasteiger partial charge in [0.2, 0.25) is 0 Å². The zero-order valence-electron chi connectivity index (χ0n) is 11.3. The summed E-state index contributed by atoms with van der Waals surface area (Å²) in [5.74, 6) is -0.733. The fourth-order valence-corrected chi connectivity index (χ4v) is 2.32. The van der Waals surface area contributed by atoms with Gasteiger partial charge in [-0.3, -0.25) is 9.59 Å². The maximum Gasteiger partial charge on any atom is 0.312 e. The standard InChI is InChI=1S/C15H20N2O2/c1-2-16(12-13-8-4-3-5-9-13)14(18)15(19)17-10-6-7-11-17/h3-5,8-9H,2,6-7,10-12H2,1H3. The molecule has 1 heterocycles. The summed E-state index contributed by atoms with van der Waals surface area (Å²) in [4.78, 5) is 27.5. The Balaban J connectivity index is 2.00. The molecule has 0 unspecified atom stereocenters. The maximum absolute atomic E-state index is 12.2. The fourth-order valence-electron chi connectivity index (χ4n) is 2.32. The number of carbonyl (C=O) groups excluding carboxylic acids is 2. The molecule has 0 saturated carbocycles. The summed E-state index contributed by atoms with van der Waals surface area (Å²) in [5.41, 5.74) is 1.05. The van der Waals surface area contributed by atoms with Crippen LogP contribution in [0.4, 0.5) is 0 Å². The van der Waals surface area contributed by atoms with E-state index in [0.717, 1.165) is 18.4 Å². The Bertz CT molecular complexity index is 439. The van der Waals surface area contributed by atoms with E-state index in [-0.39, 0.29) is 11.8 Å². The average molecular weight is 260 g/mol. The largest absolute Gasteiger partial charge is 0.334 e. The minimum Gasteiger partial charge on any atom is -0.334 e. The molecule has 1 aromatic rings. The number of nitrogens with zero attached hydrogens (tertiary/aromatic N) is 2. The van der Waals surface area contributed by atoms with Crippen molar-refractivity contribution in [3.05, 3.63) is 35.9 Å². The molecule has 4 nitrogen and oxygen atoms in total. The SMILES string of the molecule is CCN(Cc1ccccc1)C(=O)C(=O)N1CCCC1. The zero-order valence-corrected chi connectivity index (χ0v) is 11.3. The van der Waals surface area contributed by atoms with E-state index in [1.54, 1.807) is 9.80 Å². The van der Waals surface area contributed by atoms with Gasteiger partial charge in [0, 0.05) is 26.2 Å². The number of carbonyl (C=O) groups is 2. The first-order valence-electron chi connectivity index (χ1n) is 6.84. The second-order valence-electron chi connectivity index (χ2n) is 4.80. The van der Waals surface area contributed by atoms with E-state index in [1.165, 1.54) is 0 Å². The van der Waals surface area contributed by atoms with Gasteiger partial charge in [0.15, 0.2) is 0 Å². The summed E-state index contributed by atoms with van der Waals surface area (Å²) in [6.07, 6.45) is 2.01. The molecule has 19 heavy (non-hydrogen) atoms. The molecule has 0 bridgehead atoms. The van der Waals surface area contributed by atoms with Crippen LogP contribution in [0.25, 0.3) is 0 Å². The van der Waals surface area contributed by atoms with Crippen LogP contribution in [0.5, 0.6) is 0 Å². The third-order valence-corrected chi connectivity index (χ3v) is 3.46. The van der Waals surface area contributed by atoms with Crippen molar-refractivity contribution >= 4 is 11.8 Å². The van der Waals surface area contributed by atoms with Crippen LogP contribution >= 0.6 is 0 Å². The molecule has 0 aliphatic carbocycles. The molecule has 0 atom stereocenters. The first kappa shape index (κ1) is 13.6. The van der Waals surface area contributed by atoms with E-state index in [2.05, 4.69) is 0 Å². The highest BCUT2D eigenvalue weighted by atomic mass is 16.2. The molecule has 0 radical (unpaired) electrons. The quantitative estimate of drug-likeness (QED) is 0.775. The van der Waals surface area contributed by atoms with Gasteiger partial charge in [0.1, 0.15) is 0 Å². The summed E-state index contributed by atoms with van der Waals surface area (Å²) < 4.78 is 0. The summed E-state index contributed by atoms with van der Waals surface area (Å²) in [5, 5.41) is 0. The van der Waals surface area contributed by atoms with E-state index in [4.69, 9.17) is 0 Å². The van der Waals surface area contributed by atoms with Gasteiger partial charge in [-0.15, -0.1) is 0 Å². The number of likely N-dealkylation sites (N-methyl/N-ethyl adjacent to an activating group) is 1. The van der Waals surface area contributed by atoms with E-state index in [9.17, 15) is 9.59 Å². The number of rotatable bonds is 3. The van der Waals surface area contributed by atoms with Gasteiger partial charge in [-0.25, -0.2) is 0 Å². The van der Waals surface area contributed by atoms with Gasteiger partial charge in [-0.05, 0) is 25.3 Å². The second-order valence-corrected chi connectivity index (χ2v) is 4.80. The van der Waals surface area contributed by atoms with Crippen molar-refractivity contribution in [2.75, 3.05) is 19.6 Å². The monoisotopic (exact) mass is 260 g/mol. The molecule has 1 saturated heterocycles. The highest BCUT2D eigenvalue weighted by Gasteiger charge is 2.27. The summed E-state index contributed by atoms with van der Waals surface area (Å²) >= 11 is 0. The second kappa shape index (κ2) is 6.36. The Morgan fingerprint density at radius 3 is 2.37 bits per heavy atom. The molecule has 0 N–H and O–H groups in total. The summed E-state index contributed by atoms with van der Waals surface area (Å²) in [6.45, 7) is 4.38. The molecule has 2 rings (SSSR count). The molecule has 102 valence electrons. The van der Waals surface area contributed by atoms with Crippen molar-refractivity contribution in [2.45, 2.75) is 26.3 Å². The third-order valence-electron chi connectivity index (χ3n) is 3.46. The van der Waals surface area contributed by atoms with Gasteiger partial charge in [-0.2, -0.15) is 0 Å². The zero-order chi connectivity index (χ0) is 13.7. The Kier molecular flexibility index (Phi) is 4.55. The lowest BCUT2D eigenvalue weighted by Gasteiger charge is -2.23. The van der Waals surface area contributed by atoms with Crippen molar-refractivity contribution in [1.29, 1.82) is 0 Å². The molecule has 0 spiro atoms. The van der Waals surface area contributed by atoms with Crippen LogP contribution in [0.15, 0.2) is 30.3 Å². The lowest BCUT2D eigenvalue weighted by Crippen LogP contribution is -2.43. The molecule has 4 heteroatoms. The minimum absolute atomic E-state index is 0.352. The van der Waals surface area contributed by atoms with Gasteiger partial charge < -0.3 is 9.80 Å². The topological polar surface area (TPSA) is 40.6 Å². The lowest BCUT2D eigenvalue weighted by molar-refractivity contribution is -0.151. The van der Waals surface area contributed by atoms with E-state index in [0.29, 0.717) is 26.2 Å². The first-order valence-corrected chi connectivity index (χ1v) is 6.84. The third kappa shape index (κ3) is 3.34. The molecule has 2 amide bonds. The lowest BCUT2D eigenvalue weighted by atomic mass is 10.2. The van der Waals surface area contributed by atoms with Gasteiger partial charge in [0.25, 0.3) is 0 Å². The van der Waals surface area contributed by atoms with Crippen molar-refractivity contribution in [2.24, 2.45) is 0 Å². The maximum atomic E-state index is 12.2. The van der Waals surface area contributed by atoms with Crippen LogP contribution in [0.2, 0.25) is 0 Å². The van der Waals surface area contributed by atoms with Crippen LogP contribution in [-0.4, -0.2) is 41.2 Å². The fraction of sp³-hybridized carbons (Fsp3) is 0.467. The minimum atomic E-state index is -0.381. The van der Waals surface area contributed by atoms with Crippen LogP contribution in [0.1, 0.15) is 25.3 Å². The van der Waals surface area contributed by atoms with Crippen LogP contribution in [0, 0.1) is 0 Å².